The van der Waals surface area contributed by atoms with Gasteiger partial charge in [-0.05, 0) is 60.2 Å². The molecule has 0 aromatic rings. The summed E-state index contributed by atoms with van der Waals surface area (Å²) in [5, 5.41) is 34.8. The molecule has 68 heavy (non-hydrogen) atoms. The third-order valence-electron chi connectivity index (χ3n) is 13.5. The van der Waals surface area contributed by atoms with E-state index in [4.69, 9.17) is 9.47 Å². The number of rotatable bonds is 46. The molecule has 1 radical (unpaired) electrons. The normalized spacial score (nSPS) is 14.5. The van der Waals surface area contributed by atoms with E-state index >= 15 is 0 Å². The van der Waals surface area contributed by atoms with Gasteiger partial charge in [-0.3, -0.25) is 24.3 Å². The first-order valence-corrected chi connectivity index (χ1v) is 26.7. The van der Waals surface area contributed by atoms with Crippen molar-refractivity contribution >= 4 is 29.8 Å². The second-order valence-corrected chi connectivity index (χ2v) is 21.8. The Morgan fingerprint density at radius 3 is 0.809 bits per heavy atom. The largest absolute Gasteiger partial charge is 3.00 e. The number of carbonyl (C=O) groups is 5. The van der Waals surface area contributed by atoms with E-state index in [-0.39, 0.29) is 92.4 Å². The molecule has 14 heteroatoms. The Labute approximate surface area is 447 Å². The number of hydrogen-bond donors (Lipinski definition) is 0. The van der Waals surface area contributed by atoms with Gasteiger partial charge >= 0.3 is 51.9 Å². The Bertz CT molecular complexity index is 1220. The van der Waals surface area contributed by atoms with Gasteiger partial charge in [0, 0.05) is 45.8 Å². The number of carboxylic acid groups (broad SMARTS) is 3. The Kier molecular flexibility index (Phi) is 43.6. The van der Waals surface area contributed by atoms with Crippen molar-refractivity contribution in [3.8, 4) is 0 Å². The zero-order valence-corrected chi connectivity index (χ0v) is 47.1. The van der Waals surface area contributed by atoms with E-state index in [1.807, 2.05) is 0 Å². The van der Waals surface area contributed by atoms with Crippen LogP contribution in [0.1, 0.15) is 198 Å². The molecule has 0 spiro atoms. The summed E-state index contributed by atoms with van der Waals surface area (Å²) in [4.78, 5) is 64.3. The van der Waals surface area contributed by atoms with Crippen LogP contribution >= 0.6 is 0 Å². The van der Waals surface area contributed by atoms with Crippen molar-refractivity contribution in [2.45, 2.75) is 198 Å². The molecule has 0 saturated heterocycles. The van der Waals surface area contributed by atoms with E-state index < -0.39 is 49.5 Å². The molecule has 0 aliphatic rings. The maximum absolute atomic E-state index is 12.8. The van der Waals surface area contributed by atoms with Crippen LogP contribution in [-0.2, 0) is 33.4 Å². The van der Waals surface area contributed by atoms with Crippen LogP contribution in [-0.4, -0.2) is 117 Å². The van der Waals surface area contributed by atoms with Crippen LogP contribution in [0.4, 0.5) is 0 Å². The quantitative estimate of drug-likeness (QED) is 0.0561. The summed E-state index contributed by atoms with van der Waals surface area (Å²) in [5.41, 5.74) is 0. The fourth-order valence-electron chi connectivity index (χ4n) is 8.89. The minimum absolute atomic E-state index is 0. The van der Waals surface area contributed by atoms with Gasteiger partial charge in [-0.15, -0.1) is 0 Å². The molecule has 0 amide bonds. The summed E-state index contributed by atoms with van der Waals surface area (Å²) < 4.78 is 10.9. The molecular weight excluding hydrogens is 1010 g/mol. The van der Waals surface area contributed by atoms with Gasteiger partial charge in [0.15, 0.2) is 0 Å². The number of ether oxygens (including phenoxy) is 2. The molecule has 399 valence electrons. The summed E-state index contributed by atoms with van der Waals surface area (Å²) in [5.74, 6) is -0.131. The first kappa shape index (κ1) is 68.6. The summed E-state index contributed by atoms with van der Waals surface area (Å²) in [6.07, 6.45) is 23.6. The third kappa shape index (κ3) is 44.5. The molecule has 0 aliphatic heterocycles. The number of aliphatic carboxylic acids is 3. The fraction of sp³-hybridized carbons (Fsp3) is 0.907. The van der Waals surface area contributed by atoms with Gasteiger partial charge in [-0.2, -0.15) is 0 Å². The Morgan fingerprint density at radius 1 is 0.338 bits per heavy atom. The van der Waals surface area contributed by atoms with Crippen LogP contribution in [0.3, 0.4) is 0 Å². The van der Waals surface area contributed by atoms with Gasteiger partial charge in [0.2, 0.25) is 0 Å². The number of carboxylic acids is 3. The Morgan fingerprint density at radius 2 is 0.559 bits per heavy atom. The molecule has 0 heterocycles. The molecule has 0 rings (SSSR count). The van der Waals surface area contributed by atoms with Crippen LogP contribution in [0.15, 0.2) is 0 Å². The molecule has 0 aromatic heterocycles. The minimum Gasteiger partial charge on any atom is -0.549 e. The average Bonchev–Trinajstić information content (AvgIpc) is 3.20. The third-order valence-corrected chi connectivity index (χ3v) is 13.5. The maximum atomic E-state index is 12.8. The van der Waals surface area contributed by atoms with Crippen molar-refractivity contribution < 1.29 is 88.7 Å². The summed E-state index contributed by atoms with van der Waals surface area (Å²) in [6.45, 7) is 21.0. The first-order chi connectivity index (χ1) is 31.6. The van der Waals surface area contributed by atoms with Crippen LogP contribution in [0.5, 0.6) is 0 Å². The zero-order chi connectivity index (χ0) is 50.6. The summed E-state index contributed by atoms with van der Waals surface area (Å²) in [6, 6.07) is 0. The molecule has 0 bridgehead atoms. The van der Waals surface area contributed by atoms with Gasteiger partial charge in [-0.1, -0.05) is 185 Å². The SMILES string of the molecule is CC(C)CCCC(C)CCCC(C)CCCC(C)CCOC(=O)CN(CCN(CCN(CC(=O)[O-])CC(=O)OCCC(C)CCCC(C)CCCC(C)CCCC(C)C)CC(=O)[O-])CC(=O)[O-].[Gd+3]. The molecule has 6 atom stereocenters. The number of nitrogens with zero attached hydrogens (tertiary/aromatic N) is 3. The van der Waals surface area contributed by atoms with Crippen molar-refractivity contribution in [3.05, 3.63) is 0 Å². The van der Waals surface area contributed by atoms with E-state index in [0.717, 1.165) is 49.4 Å². The summed E-state index contributed by atoms with van der Waals surface area (Å²) >= 11 is 0. The van der Waals surface area contributed by atoms with E-state index in [9.17, 15) is 39.3 Å². The molecule has 0 aromatic carbocycles. The van der Waals surface area contributed by atoms with Crippen LogP contribution in [0.2, 0.25) is 0 Å². The van der Waals surface area contributed by atoms with Gasteiger partial charge < -0.3 is 39.2 Å². The molecule has 0 N–H and O–H groups in total. The van der Waals surface area contributed by atoms with Crippen LogP contribution in [0, 0.1) is 87.3 Å². The first-order valence-electron chi connectivity index (χ1n) is 26.7. The second-order valence-electron chi connectivity index (χ2n) is 21.8. The Hall–Kier alpha value is -1.45. The smallest absolute Gasteiger partial charge is 0.549 e. The number of carbonyl (C=O) groups excluding carboxylic acids is 5. The van der Waals surface area contributed by atoms with E-state index in [1.165, 1.54) is 105 Å². The molecule has 13 nitrogen and oxygen atoms in total. The summed E-state index contributed by atoms with van der Waals surface area (Å²) in [7, 11) is 0. The van der Waals surface area contributed by atoms with E-state index in [2.05, 4.69) is 69.2 Å². The van der Waals surface area contributed by atoms with Gasteiger partial charge in [0.05, 0.1) is 44.2 Å². The molecule has 0 fully saturated rings. The van der Waals surface area contributed by atoms with Crippen LogP contribution < -0.4 is 15.3 Å². The standard InChI is InChI=1S/C54H103N3O10.Gd/c1-42(2)17-11-19-44(5)21-13-23-46(7)25-15-27-48(9)29-35-66-53(64)40-56(38-51(60)61)33-31-55(37-50(58)59)32-34-57(39-52(62)63)41-54(65)67-36-30-49(10)28-16-26-47(8)24-14-22-45(6)20-12-18-43(3)4;/h42-49H,11-41H2,1-10H3,(H,58,59)(H,60,61)(H,62,63);/q;+3/p-3. The van der Waals surface area contributed by atoms with Crippen LogP contribution in [0.25, 0.3) is 0 Å². The van der Waals surface area contributed by atoms with Crippen molar-refractivity contribution in [1.82, 2.24) is 14.7 Å². The average molecular weight is 1110 g/mol. The predicted octanol–water partition coefficient (Wildman–Crippen LogP) is 7.16. The number of esters is 2. The number of hydrogen-bond acceptors (Lipinski definition) is 13. The van der Waals surface area contributed by atoms with Crippen molar-refractivity contribution in [3.63, 3.8) is 0 Å². The molecule has 0 saturated carbocycles. The maximum Gasteiger partial charge on any atom is 3.00 e. The predicted molar refractivity (Wildman–Crippen MR) is 263 cm³/mol. The van der Waals surface area contributed by atoms with Gasteiger partial charge in [-0.25, -0.2) is 0 Å². The van der Waals surface area contributed by atoms with Crippen molar-refractivity contribution in [2.75, 3.05) is 72.1 Å². The van der Waals surface area contributed by atoms with E-state index in [0.29, 0.717) is 36.5 Å². The Balaban J connectivity index is 0. The monoisotopic (exact) mass is 1110 g/mol. The molecular formula is C54H100GdN3O10. The fourth-order valence-corrected chi connectivity index (χ4v) is 8.89. The van der Waals surface area contributed by atoms with Crippen molar-refractivity contribution in [2.24, 2.45) is 47.3 Å². The van der Waals surface area contributed by atoms with Gasteiger partial charge in [0.1, 0.15) is 0 Å². The van der Waals surface area contributed by atoms with E-state index in [1.54, 1.807) is 0 Å². The van der Waals surface area contributed by atoms with Gasteiger partial charge in [0.25, 0.3) is 0 Å². The molecule has 0 aliphatic carbocycles. The topological polar surface area (TPSA) is 183 Å². The second kappa shape index (κ2) is 43.2. The minimum atomic E-state index is -1.40. The molecule has 6 unspecified atom stereocenters. The zero-order valence-electron chi connectivity index (χ0n) is 44.8. The van der Waals surface area contributed by atoms with Crippen molar-refractivity contribution in [1.29, 1.82) is 0 Å².